The topological polar surface area (TPSA) is 6.48 Å². The van der Waals surface area contributed by atoms with E-state index >= 15 is 0 Å². The van der Waals surface area contributed by atoms with Gasteiger partial charge in [0.1, 0.15) is 0 Å². The average Bonchev–Trinajstić information content (AvgIpc) is 3.37. The largest absolute Gasteiger partial charge is 0.311 e. The first-order valence-corrected chi connectivity index (χ1v) is 19.3. The number of fused-ring (bicyclic) bond motifs is 4. The van der Waals surface area contributed by atoms with Crippen molar-refractivity contribution >= 4 is 57.2 Å². The van der Waals surface area contributed by atoms with Crippen molar-refractivity contribution in [1.82, 2.24) is 0 Å². The van der Waals surface area contributed by atoms with Crippen LogP contribution >= 0.6 is 0 Å². The van der Waals surface area contributed by atoms with Gasteiger partial charge in [-0.2, -0.15) is 0 Å². The van der Waals surface area contributed by atoms with Gasteiger partial charge in [0, 0.05) is 39.6 Å². The second kappa shape index (κ2) is 14.0. The minimum atomic E-state index is -0.545. The lowest BCUT2D eigenvalue weighted by Crippen LogP contribution is -2.61. The van der Waals surface area contributed by atoms with Crippen LogP contribution < -0.4 is 26.2 Å². The maximum absolute atomic E-state index is 9.27. The van der Waals surface area contributed by atoms with Gasteiger partial charge in [-0.25, -0.2) is 0 Å². The van der Waals surface area contributed by atoms with E-state index in [0.29, 0.717) is 11.4 Å². The number of benzene rings is 9. The number of hydrogen-bond acceptors (Lipinski definition) is 2. The highest BCUT2D eigenvalue weighted by molar-refractivity contribution is 7.00. The van der Waals surface area contributed by atoms with E-state index in [0.717, 1.165) is 67.0 Å². The number of para-hydroxylation sites is 2. The van der Waals surface area contributed by atoms with E-state index in [-0.39, 0.29) is 29.0 Å². The Hall–Kier alpha value is -7.36. The summed E-state index contributed by atoms with van der Waals surface area (Å²) in [5.41, 5.74) is 12.9. The maximum Gasteiger partial charge on any atom is 0.252 e. The molecule has 9 aromatic rings. The van der Waals surface area contributed by atoms with Crippen LogP contribution in [0.3, 0.4) is 0 Å². The Morgan fingerprint density at radius 2 is 0.931 bits per heavy atom. The van der Waals surface area contributed by atoms with Crippen LogP contribution in [0.1, 0.15) is 19.3 Å². The van der Waals surface area contributed by atoms with Crippen LogP contribution in [-0.4, -0.2) is 6.71 Å². The van der Waals surface area contributed by atoms with Gasteiger partial charge in [0.2, 0.25) is 0 Å². The third-order valence-corrected chi connectivity index (χ3v) is 11.2. The minimum Gasteiger partial charge on any atom is -0.311 e. The molecule has 0 aliphatic carbocycles. The van der Waals surface area contributed by atoms with E-state index < -0.39 is 60.4 Å². The van der Waals surface area contributed by atoms with E-state index in [1.807, 2.05) is 66.4 Å². The summed E-state index contributed by atoms with van der Waals surface area (Å²) in [6.45, 7) is 1.70. The molecule has 11 rings (SSSR count). The summed E-state index contributed by atoms with van der Waals surface area (Å²) in [7, 11) is 0. The van der Waals surface area contributed by atoms with Crippen LogP contribution in [0.25, 0.3) is 44.5 Å². The van der Waals surface area contributed by atoms with Crippen molar-refractivity contribution in [2.75, 3.05) is 9.80 Å². The fraction of sp³-hybridized carbons (Fsp3) is 0.0182. The molecule has 0 bridgehead atoms. The summed E-state index contributed by atoms with van der Waals surface area (Å²) in [5.74, 6) is 0. The molecule has 58 heavy (non-hydrogen) atoms. The molecule has 2 aliphatic rings. The molecular formula is C55H39BN2. The Kier molecular flexibility index (Phi) is 6.03. The zero-order chi connectivity index (χ0) is 47.3. The SMILES string of the molecule is [2H]c1c([2H])c([2H])c(-c2cccc(-c3c([2H])c([2H])c([2H])c([2H])c3[2H])c2N2c3ccccc3B3c4ccc(-c5ccccc5)cc4N(c4cccc(-c5ccccc5)c4)c4cc(C)cc2c43)c([2H])c1[2H]. The highest BCUT2D eigenvalue weighted by atomic mass is 15.2. The smallest absolute Gasteiger partial charge is 0.252 e. The Morgan fingerprint density at radius 1 is 0.397 bits per heavy atom. The van der Waals surface area contributed by atoms with Crippen molar-refractivity contribution in [1.29, 1.82) is 0 Å². The molecule has 0 amide bonds. The quantitative estimate of drug-likeness (QED) is 0.156. The van der Waals surface area contributed by atoms with Gasteiger partial charge < -0.3 is 9.80 Å². The first kappa shape index (κ1) is 25.0. The molecular weight excluding hydrogens is 699 g/mol. The molecule has 0 saturated carbocycles. The average molecular weight is 749 g/mol. The van der Waals surface area contributed by atoms with E-state index in [2.05, 4.69) is 89.8 Å². The molecule has 0 N–H and O–H groups in total. The van der Waals surface area contributed by atoms with Crippen LogP contribution in [0, 0.1) is 6.92 Å². The van der Waals surface area contributed by atoms with Crippen molar-refractivity contribution in [3.63, 3.8) is 0 Å². The highest BCUT2D eigenvalue weighted by Crippen LogP contribution is 2.50. The van der Waals surface area contributed by atoms with Crippen LogP contribution in [-0.2, 0) is 0 Å². The Morgan fingerprint density at radius 3 is 1.59 bits per heavy atom. The lowest BCUT2D eigenvalue weighted by molar-refractivity contribution is 1.24. The fourth-order valence-corrected chi connectivity index (χ4v) is 8.82. The van der Waals surface area contributed by atoms with Crippen molar-refractivity contribution in [3.05, 3.63) is 224 Å². The normalized spacial score (nSPS) is 14.9. The Balaban J connectivity index is 1.27. The maximum atomic E-state index is 9.27. The molecule has 0 spiro atoms. The van der Waals surface area contributed by atoms with Crippen molar-refractivity contribution in [2.24, 2.45) is 0 Å². The highest BCUT2D eigenvalue weighted by Gasteiger charge is 2.44. The first-order valence-electron chi connectivity index (χ1n) is 24.3. The fourth-order valence-electron chi connectivity index (χ4n) is 8.82. The summed E-state index contributed by atoms with van der Waals surface area (Å²) in [5, 5.41) is 0. The van der Waals surface area contributed by atoms with Gasteiger partial charge in [-0.05, 0) is 98.7 Å². The van der Waals surface area contributed by atoms with Gasteiger partial charge in [-0.3, -0.25) is 0 Å². The first-order chi connectivity index (χ1) is 32.8. The molecule has 3 heteroatoms. The van der Waals surface area contributed by atoms with Crippen LogP contribution in [0.4, 0.5) is 34.1 Å². The zero-order valence-corrected chi connectivity index (χ0v) is 31.5. The molecule has 0 fully saturated rings. The van der Waals surface area contributed by atoms with Gasteiger partial charge in [-0.1, -0.05) is 182 Å². The number of nitrogens with zero attached hydrogens (tertiary/aromatic N) is 2. The van der Waals surface area contributed by atoms with Crippen LogP contribution in [0.5, 0.6) is 0 Å². The molecule has 0 aromatic heterocycles. The Labute approximate surface area is 355 Å². The van der Waals surface area contributed by atoms with Gasteiger partial charge >= 0.3 is 0 Å². The molecule has 2 nitrogen and oxygen atoms in total. The number of aryl methyl sites for hydroxylation is 1. The summed E-state index contributed by atoms with van der Waals surface area (Å²) < 4.78 is 89.2. The molecule has 2 heterocycles. The molecule has 0 saturated heterocycles. The molecule has 272 valence electrons. The lowest BCUT2D eigenvalue weighted by atomic mass is 9.33. The van der Waals surface area contributed by atoms with Crippen molar-refractivity contribution < 1.29 is 13.7 Å². The van der Waals surface area contributed by atoms with E-state index in [1.165, 1.54) is 0 Å². The molecule has 9 aromatic carbocycles. The predicted molar refractivity (Wildman–Crippen MR) is 247 cm³/mol. The van der Waals surface area contributed by atoms with Gasteiger partial charge in [0.05, 0.1) is 19.4 Å². The Bertz CT molecular complexity index is 3420. The summed E-state index contributed by atoms with van der Waals surface area (Å²) in [4.78, 5) is 4.31. The number of anilines is 6. The van der Waals surface area contributed by atoms with Crippen LogP contribution in [0.15, 0.2) is 218 Å². The third kappa shape index (κ3) is 5.58. The lowest BCUT2D eigenvalue weighted by Gasteiger charge is -2.45. The zero-order valence-electron chi connectivity index (χ0n) is 41.5. The third-order valence-electron chi connectivity index (χ3n) is 11.2. The monoisotopic (exact) mass is 748 g/mol. The van der Waals surface area contributed by atoms with Gasteiger partial charge in [0.15, 0.2) is 0 Å². The molecule has 0 radical (unpaired) electrons. The van der Waals surface area contributed by atoms with Crippen molar-refractivity contribution in [3.8, 4) is 44.5 Å². The predicted octanol–water partition coefficient (Wildman–Crippen LogP) is 12.7. The summed E-state index contributed by atoms with van der Waals surface area (Å²) >= 11 is 0. The van der Waals surface area contributed by atoms with Gasteiger partial charge in [-0.15, -0.1) is 0 Å². The standard InChI is InChI=1S/C55H39BN2/c1-38-34-52-54-53(35-38)58(55-46(41-22-10-4-11-23-41)28-17-29-47(55)42-24-12-5-13-25-42)50-31-15-14-30-48(50)56(54)49-33-32-44(40-20-8-3-9-21-40)37-51(49)57(52)45-27-16-26-43(36-45)39-18-6-2-7-19-39/h2-37H,1H3/i4D,5D,10D,11D,12D,13D,22D,23D,24D,25D. The van der Waals surface area contributed by atoms with Crippen molar-refractivity contribution in [2.45, 2.75) is 6.92 Å². The minimum absolute atomic E-state index is 0.0838. The van der Waals surface area contributed by atoms with E-state index in [9.17, 15) is 5.48 Å². The second-order valence-corrected chi connectivity index (χ2v) is 14.6. The molecule has 0 atom stereocenters. The van der Waals surface area contributed by atoms with Crippen LogP contribution in [0.2, 0.25) is 0 Å². The summed E-state index contributed by atoms with van der Waals surface area (Å²) in [6.07, 6.45) is 0. The van der Waals surface area contributed by atoms with Gasteiger partial charge in [0.25, 0.3) is 6.71 Å². The number of hydrogen-bond donors (Lipinski definition) is 0. The van der Waals surface area contributed by atoms with E-state index in [1.54, 1.807) is 18.2 Å². The second-order valence-electron chi connectivity index (χ2n) is 14.6. The number of rotatable bonds is 6. The summed E-state index contributed by atoms with van der Waals surface area (Å²) in [6, 6.07) is 48.0. The van der Waals surface area contributed by atoms with E-state index in [4.69, 9.17) is 8.22 Å². The molecule has 0 unspecified atom stereocenters. The molecule has 2 aliphatic heterocycles.